The van der Waals surface area contributed by atoms with Gasteiger partial charge in [0.15, 0.2) is 10.9 Å². The summed E-state index contributed by atoms with van der Waals surface area (Å²) in [6.45, 7) is 4.25. The smallest absolute Gasteiger partial charge is 0.337 e. The average Bonchev–Trinajstić information content (AvgIpc) is 3.10. The Morgan fingerprint density at radius 2 is 1.89 bits per heavy atom. The minimum atomic E-state index is -0.377. The topological polar surface area (TPSA) is 81.6 Å². The molecule has 3 aliphatic rings. The van der Waals surface area contributed by atoms with Gasteiger partial charge in [-0.25, -0.2) is 14.8 Å². The van der Waals surface area contributed by atoms with Crippen LogP contribution in [0.1, 0.15) is 73.4 Å². The highest BCUT2D eigenvalue weighted by atomic mass is 35.5. The number of aromatic nitrogens is 2. The number of rotatable bonds is 8. The molecule has 1 aromatic heterocycles. The van der Waals surface area contributed by atoms with Crippen molar-refractivity contribution in [1.82, 2.24) is 9.97 Å². The number of allylic oxidation sites excluding steroid dienone is 2. The van der Waals surface area contributed by atoms with Crippen LogP contribution >= 0.6 is 23.4 Å². The molecule has 3 aromatic rings. The van der Waals surface area contributed by atoms with Crippen molar-refractivity contribution in [2.45, 2.75) is 75.3 Å². The van der Waals surface area contributed by atoms with E-state index in [9.17, 15) is 9.59 Å². The molecule has 0 N–H and O–H groups in total. The minimum Gasteiger partial charge on any atom is -0.487 e. The third kappa shape index (κ3) is 8.21. The van der Waals surface area contributed by atoms with Gasteiger partial charge in [0.25, 0.3) is 0 Å². The molecule has 0 unspecified atom stereocenters. The third-order valence-electron chi connectivity index (χ3n) is 10.2. The van der Waals surface area contributed by atoms with Gasteiger partial charge in [-0.1, -0.05) is 48.8 Å². The predicted octanol–water partition coefficient (Wildman–Crippen LogP) is 8.39. The molecular formula is C38H44ClN3O4S. The van der Waals surface area contributed by atoms with Crippen molar-refractivity contribution in [2.75, 3.05) is 25.1 Å². The minimum absolute atomic E-state index is 0.00535. The fraction of sp³-hybridized carbons (Fsp3) is 0.474. The molecule has 0 spiro atoms. The van der Waals surface area contributed by atoms with E-state index in [-0.39, 0.29) is 23.6 Å². The van der Waals surface area contributed by atoms with E-state index in [4.69, 9.17) is 21.1 Å². The van der Waals surface area contributed by atoms with Gasteiger partial charge in [-0.3, -0.25) is 4.79 Å². The largest absolute Gasteiger partial charge is 0.487 e. The van der Waals surface area contributed by atoms with Gasteiger partial charge >= 0.3 is 5.97 Å². The Balaban J connectivity index is 1.15. The average molecular weight is 674 g/mol. The van der Waals surface area contributed by atoms with E-state index < -0.39 is 0 Å². The number of hydrogen-bond acceptors (Lipinski definition) is 8. The Hall–Kier alpha value is -3.36. The van der Waals surface area contributed by atoms with Crippen LogP contribution in [0.2, 0.25) is 5.02 Å². The summed E-state index contributed by atoms with van der Waals surface area (Å²) in [6, 6.07) is 13.3. The number of carbonyl (C=O) groups excluding carboxylic acids is 2. The first-order valence-electron chi connectivity index (χ1n) is 16.9. The standard InChI is InChI=1S/C38H44ClN3O4S/c1-25-26(8-5-9-36(25)47-38-40-18-6-19-41-38)12-16-34(43)32-15-11-29(32)23-42-20-4-3-7-27-21-31(39)14-10-30(27)24-46-35-17-13-28(22-33(35)42)37(44)45-2/h6,10,12-14,16-19,21-22,25-26,29,32,36H,3-5,7-9,11,15,20,23-24H2,1-2H3/b16-12+/t25-,26-,29-,32+,36+/m0/s1. The lowest BCUT2D eigenvalue weighted by Gasteiger charge is -2.40. The summed E-state index contributed by atoms with van der Waals surface area (Å²) in [4.78, 5) is 37.3. The maximum absolute atomic E-state index is 13.6. The number of fused-ring (bicyclic) bond motifs is 2. The summed E-state index contributed by atoms with van der Waals surface area (Å²) in [5, 5.41) is 2.00. The molecule has 0 bridgehead atoms. The van der Waals surface area contributed by atoms with Crippen LogP contribution in [0.15, 0.2) is 72.2 Å². The van der Waals surface area contributed by atoms with Crippen LogP contribution in [0, 0.1) is 23.7 Å². The van der Waals surface area contributed by atoms with Crippen LogP contribution in [0.3, 0.4) is 0 Å². The molecule has 6 rings (SSSR count). The highest BCUT2D eigenvalue weighted by Crippen LogP contribution is 2.42. The normalized spacial score (nSPS) is 24.7. The number of halogens is 1. The number of aryl methyl sites for hydroxylation is 1. The quantitative estimate of drug-likeness (QED) is 0.134. The fourth-order valence-corrected chi connectivity index (χ4v) is 8.66. The molecular weight excluding hydrogens is 630 g/mol. The van der Waals surface area contributed by atoms with E-state index in [2.05, 4.69) is 27.9 Å². The van der Waals surface area contributed by atoms with Crippen molar-refractivity contribution in [3.8, 4) is 5.75 Å². The number of nitrogens with zero attached hydrogens (tertiary/aromatic N) is 3. The van der Waals surface area contributed by atoms with E-state index in [1.54, 1.807) is 30.2 Å². The number of carbonyl (C=O) groups is 2. The zero-order chi connectivity index (χ0) is 32.8. The fourth-order valence-electron chi connectivity index (χ4n) is 7.25. The van der Waals surface area contributed by atoms with Crippen molar-refractivity contribution in [3.63, 3.8) is 0 Å². The maximum atomic E-state index is 13.6. The van der Waals surface area contributed by atoms with E-state index in [1.165, 1.54) is 12.7 Å². The van der Waals surface area contributed by atoms with Crippen LogP contribution in [-0.2, 0) is 22.6 Å². The van der Waals surface area contributed by atoms with Gasteiger partial charge in [0, 0.05) is 41.7 Å². The van der Waals surface area contributed by atoms with Crippen LogP contribution in [0.4, 0.5) is 5.69 Å². The molecule has 0 saturated heterocycles. The van der Waals surface area contributed by atoms with E-state index in [0.29, 0.717) is 29.3 Å². The molecule has 2 aliphatic carbocycles. The predicted molar refractivity (Wildman–Crippen MR) is 187 cm³/mol. The molecule has 7 nitrogen and oxygen atoms in total. The molecule has 5 atom stereocenters. The second-order valence-corrected chi connectivity index (χ2v) is 14.8. The summed E-state index contributed by atoms with van der Waals surface area (Å²) in [5.41, 5.74) is 3.69. The van der Waals surface area contributed by atoms with Gasteiger partial charge < -0.3 is 14.4 Å². The molecule has 2 heterocycles. The van der Waals surface area contributed by atoms with E-state index >= 15 is 0 Å². The number of hydrogen-bond donors (Lipinski definition) is 0. The lowest BCUT2D eigenvalue weighted by Crippen LogP contribution is -2.42. The molecule has 0 radical (unpaired) electrons. The Bertz CT molecular complexity index is 1580. The number of esters is 1. The molecule has 2 fully saturated rings. The van der Waals surface area contributed by atoms with Crippen molar-refractivity contribution in [3.05, 3.63) is 88.7 Å². The highest BCUT2D eigenvalue weighted by molar-refractivity contribution is 7.99. The Morgan fingerprint density at radius 3 is 2.68 bits per heavy atom. The first-order chi connectivity index (χ1) is 22.9. The van der Waals surface area contributed by atoms with Gasteiger partial charge in [0.1, 0.15) is 12.4 Å². The van der Waals surface area contributed by atoms with Crippen LogP contribution in [-0.4, -0.2) is 47.2 Å². The second kappa shape index (κ2) is 15.7. The Kier molecular flexibility index (Phi) is 11.2. The Labute approximate surface area is 287 Å². The molecule has 47 heavy (non-hydrogen) atoms. The third-order valence-corrected chi connectivity index (χ3v) is 11.9. The summed E-state index contributed by atoms with van der Waals surface area (Å²) in [7, 11) is 1.40. The highest BCUT2D eigenvalue weighted by Gasteiger charge is 2.37. The maximum Gasteiger partial charge on any atom is 0.337 e. The summed E-state index contributed by atoms with van der Waals surface area (Å²) >= 11 is 8.10. The molecule has 2 saturated carbocycles. The monoisotopic (exact) mass is 673 g/mol. The van der Waals surface area contributed by atoms with Gasteiger partial charge in [0.2, 0.25) is 0 Å². The number of ketones is 1. The number of ether oxygens (including phenoxy) is 2. The first-order valence-corrected chi connectivity index (χ1v) is 18.2. The van der Waals surface area contributed by atoms with Crippen LogP contribution in [0.25, 0.3) is 0 Å². The number of thioether (sulfide) groups is 1. The van der Waals surface area contributed by atoms with Crippen molar-refractivity contribution in [1.29, 1.82) is 0 Å². The van der Waals surface area contributed by atoms with Gasteiger partial charge in [-0.2, -0.15) is 0 Å². The Morgan fingerprint density at radius 1 is 1.04 bits per heavy atom. The van der Waals surface area contributed by atoms with Crippen molar-refractivity contribution < 1.29 is 19.1 Å². The zero-order valence-electron chi connectivity index (χ0n) is 27.3. The lowest BCUT2D eigenvalue weighted by molar-refractivity contribution is -0.122. The van der Waals surface area contributed by atoms with E-state index in [1.807, 2.05) is 42.5 Å². The van der Waals surface area contributed by atoms with Crippen molar-refractivity contribution in [2.24, 2.45) is 23.7 Å². The van der Waals surface area contributed by atoms with Gasteiger partial charge in [0.05, 0.1) is 18.4 Å². The summed E-state index contributed by atoms with van der Waals surface area (Å²) in [5.74, 6) is 1.65. The lowest BCUT2D eigenvalue weighted by atomic mass is 9.70. The molecule has 2 aromatic carbocycles. The summed E-state index contributed by atoms with van der Waals surface area (Å²) in [6.07, 6.45) is 15.9. The van der Waals surface area contributed by atoms with Crippen molar-refractivity contribution >= 4 is 40.8 Å². The van der Waals surface area contributed by atoms with Crippen LogP contribution < -0.4 is 9.64 Å². The van der Waals surface area contributed by atoms with Gasteiger partial charge in [-0.15, -0.1) is 0 Å². The first kappa shape index (κ1) is 33.5. The van der Waals surface area contributed by atoms with Crippen LogP contribution in [0.5, 0.6) is 5.75 Å². The molecule has 9 heteroatoms. The molecule has 248 valence electrons. The second-order valence-electron chi connectivity index (χ2n) is 13.1. The van der Waals surface area contributed by atoms with Gasteiger partial charge in [-0.05, 0) is 116 Å². The number of benzene rings is 2. The molecule has 0 amide bonds. The SMILES string of the molecule is COC(=O)c1ccc2c(c1)N(C[C@@H]1CC[C@H]1C(=O)/C=C/[C@@H]1CCC[C@@H](Sc3ncccn3)[C@H]1C)CCCCc1cc(Cl)ccc1CO2. The molecule has 1 aliphatic heterocycles. The zero-order valence-corrected chi connectivity index (χ0v) is 28.8. The van der Waals surface area contributed by atoms with E-state index in [0.717, 1.165) is 91.6 Å². The summed E-state index contributed by atoms with van der Waals surface area (Å²) < 4.78 is 11.5. The number of methoxy groups -OCH3 is 1. The number of anilines is 1.